The highest BCUT2D eigenvalue weighted by Gasteiger charge is 2.27. The molecule has 25 heavy (non-hydrogen) atoms. The Morgan fingerprint density at radius 3 is 2.40 bits per heavy atom. The lowest BCUT2D eigenvalue weighted by Crippen LogP contribution is -2.56. The second kappa shape index (κ2) is 9.19. The fourth-order valence-electron chi connectivity index (χ4n) is 4.60. The SMILES string of the molecule is CN=C(NCC1CN(C)CCN1C)NC1CCN(C2CCCC2)CC1. The van der Waals surface area contributed by atoms with E-state index in [1.807, 2.05) is 7.05 Å². The molecule has 1 aliphatic carbocycles. The van der Waals surface area contributed by atoms with Crippen LogP contribution in [-0.2, 0) is 0 Å². The summed E-state index contributed by atoms with van der Waals surface area (Å²) in [6.07, 6.45) is 8.19. The van der Waals surface area contributed by atoms with Gasteiger partial charge < -0.3 is 20.4 Å². The van der Waals surface area contributed by atoms with Crippen LogP contribution in [0.2, 0.25) is 0 Å². The van der Waals surface area contributed by atoms with Crippen molar-refractivity contribution >= 4 is 5.96 Å². The van der Waals surface area contributed by atoms with Gasteiger partial charge in [0.15, 0.2) is 5.96 Å². The van der Waals surface area contributed by atoms with Crippen LogP contribution in [0.25, 0.3) is 0 Å². The Bertz CT molecular complexity index is 426. The Morgan fingerprint density at radius 1 is 1.00 bits per heavy atom. The molecule has 0 amide bonds. The molecule has 0 aromatic rings. The molecule has 2 aliphatic heterocycles. The predicted octanol–water partition coefficient (Wildman–Crippen LogP) is 0.804. The summed E-state index contributed by atoms with van der Waals surface area (Å²) in [5, 5.41) is 7.22. The molecular formula is C19H38N6. The van der Waals surface area contributed by atoms with Crippen LogP contribution in [0.15, 0.2) is 4.99 Å². The molecule has 2 N–H and O–H groups in total. The normalized spacial score (nSPS) is 29.2. The van der Waals surface area contributed by atoms with Crippen molar-refractivity contribution < 1.29 is 0 Å². The lowest BCUT2D eigenvalue weighted by atomic mass is 10.0. The van der Waals surface area contributed by atoms with Gasteiger partial charge in [0.2, 0.25) is 0 Å². The van der Waals surface area contributed by atoms with E-state index in [0.717, 1.165) is 31.6 Å². The summed E-state index contributed by atoms with van der Waals surface area (Å²) >= 11 is 0. The van der Waals surface area contributed by atoms with Crippen molar-refractivity contribution in [2.45, 2.75) is 56.7 Å². The zero-order valence-electron chi connectivity index (χ0n) is 16.5. The van der Waals surface area contributed by atoms with E-state index in [0.29, 0.717) is 12.1 Å². The quantitative estimate of drug-likeness (QED) is 0.580. The van der Waals surface area contributed by atoms with Gasteiger partial charge in [0.05, 0.1) is 0 Å². The largest absolute Gasteiger partial charge is 0.355 e. The topological polar surface area (TPSA) is 46.1 Å². The third kappa shape index (κ3) is 5.31. The number of guanidine groups is 1. The fourth-order valence-corrected chi connectivity index (χ4v) is 4.60. The van der Waals surface area contributed by atoms with Crippen molar-refractivity contribution in [2.24, 2.45) is 4.99 Å². The van der Waals surface area contributed by atoms with Gasteiger partial charge in [-0.2, -0.15) is 0 Å². The highest BCUT2D eigenvalue weighted by Crippen LogP contribution is 2.26. The van der Waals surface area contributed by atoms with E-state index in [4.69, 9.17) is 0 Å². The number of piperidine rings is 1. The molecule has 1 saturated carbocycles. The lowest BCUT2D eigenvalue weighted by Gasteiger charge is -2.38. The lowest BCUT2D eigenvalue weighted by molar-refractivity contribution is 0.116. The molecule has 6 nitrogen and oxygen atoms in total. The summed E-state index contributed by atoms with van der Waals surface area (Å²) in [5.74, 6) is 0.973. The van der Waals surface area contributed by atoms with E-state index < -0.39 is 0 Å². The Hall–Kier alpha value is -0.850. The highest BCUT2D eigenvalue weighted by atomic mass is 15.3. The van der Waals surface area contributed by atoms with Crippen LogP contribution < -0.4 is 10.6 Å². The van der Waals surface area contributed by atoms with E-state index >= 15 is 0 Å². The van der Waals surface area contributed by atoms with Crippen LogP contribution >= 0.6 is 0 Å². The van der Waals surface area contributed by atoms with E-state index in [1.165, 1.54) is 58.2 Å². The van der Waals surface area contributed by atoms with E-state index in [-0.39, 0.29) is 0 Å². The first-order chi connectivity index (χ1) is 12.2. The smallest absolute Gasteiger partial charge is 0.191 e. The van der Waals surface area contributed by atoms with Crippen molar-refractivity contribution in [3.8, 4) is 0 Å². The van der Waals surface area contributed by atoms with Gasteiger partial charge in [0.1, 0.15) is 0 Å². The van der Waals surface area contributed by atoms with Crippen molar-refractivity contribution in [1.82, 2.24) is 25.3 Å². The summed E-state index contributed by atoms with van der Waals surface area (Å²) in [7, 11) is 6.33. The highest BCUT2D eigenvalue weighted by molar-refractivity contribution is 5.80. The summed E-state index contributed by atoms with van der Waals surface area (Å²) in [6, 6.07) is 1.99. The third-order valence-electron chi connectivity index (χ3n) is 6.42. The average Bonchev–Trinajstić information content (AvgIpc) is 3.16. The summed E-state index contributed by atoms with van der Waals surface area (Å²) in [6.45, 7) is 6.89. The molecule has 0 spiro atoms. The standard InChI is InChI=1S/C19H38N6/c1-20-19(21-14-18-15-23(2)12-13-24(18)3)22-16-8-10-25(11-9-16)17-6-4-5-7-17/h16-18H,4-15H2,1-3H3,(H2,20,21,22). The van der Waals surface area contributed by atoms with Gasteiger partial charge in [-0.1, -0.05) is 12.8 Å². The maximum Gasteiger partial charge on any atom is 0.191 e. The fraction of sp³-hybridized carbons (Fsp3) is 0.947. The number of nitrogens with zero attached hydrogens (tertiary/aromatic N) is 4. The second-order valence-corrected chi connectivity index (χ2v) is 8.24. The number of likely N-dealkylation sites (tertiary alicyclic amines) is 1. The van der Waals surface area contributed by atoms with Crippen molar-refractivity contribution in [1.29, 1.82) is 0 Å². The van der Waals surface area contributed by atoms with Crippen LogP contribution in [0, 0.1) is 0 Å². The molecule has 0 aromatic carbocycles. The number of likely N-dealkylation sites (N-methyl/N-ethyl adjacent to an activating group) is 2. The van der Waals surface area contributed by atoms with Crippen LogP contribution in [-0.4, -0.2) is 99.2 Å². The molecule has 3 rings (SSSR count). The van der Waals surface area contributed by atoms with Crippen LogP contribution in [0.5, 0.6) is 0 Å². The maximum atomic E-state index is 4.46. The molecule has 2 heterocycles. The minimum atomic E-state index is 0.557. The van der Waals surface area contributed by atoms with Gasteiger partial charge in [0.25, 0.3) is 0 Å². The molecule has 0 radical (unpaired) electrons. The second-order valence-electron chi connectivity index (χ2n) is 8.24. The zero-order chi connectivity index (χ0) is 17.6. The summed E-state index contributed by atoms with van der Waals surface area (Å²) < 4.78 is 0. The van der Waals surface area contributed by atoms with Gasteiger partial charge in [-0.25, -0.2) is 0 Å². The number of aliphatic imine (C=N–C) groups is 1. The minimum Gasteiger partial charge on any atom is -0.355 e. The third-order valence-corrected chi connectivity index (χ3v) is 6.42. The van der Waals surface area contributed by atoms with Gasteiger partial charge >= 0.3 is 0 Å². The summed E-state index contributed by atoms with van der Waals surface area (Å²) in [4.78, 5) is 12.1. The Morgan fingerprint density at radius 2 is 1.72 bits per heavy atom. The predicted molar refractivity (Wildman–Crippen MR) is 105 cm³/mol. The monoisotopic (exact) mass is 350 g/mol. The van der Waals surface area contributed by atoms with Crippen molar-refractivity contribution in [2.75, 3.05) is 60.4 Å². The number of rotatable bonds is 4. The first kappa shape index (κ1) is 18.9. The molecule has 0 aromatic heterocycles. The van der Waals surface area contributed by atoms with Crippen LogP contribution in [0.3, 0.4) is 0 Å². The Labute approximate surface area is 154 Å². The Kier molecular flexibility index (Phi) is 6.96. The molecule has 6 heteroatoms. The van der Waals surface area contributed by atoms with Crippen molar-refractivity contribution in [3.63, 3.8) is 0 Å². The molecule has 144 valence electrons. The number of hydrogen-bond donors (Lipinski definition) is 2. The van der Waals surface area contributed by atoms with Gasteiger partial charge in [-0.05, 0) is 39.8 Å². The van der Waals surface area contributed by atoms with Gasteiger partial charge in [-0.3, -0.25) is 9.89 Å². The van der Waals surface area contributed by atoms with Crippen molar-refractivity contribution in [3.05, 3.63) is 0 Å². The molecule has 0 bridgehead atoms. The number of piperazine rings is 1. The van der Waals surface area contributed by atoms with E-state index in [9.17, 15) is 0 Å². The first-order valence-electron chi connectivity index (χ1n) is 10.3. The average molecular weight is 351 g/mol. The first-order valence-corrected chi connectivity index (χ1v) is 10.3. The van der Waals surface area contributed by atoms with Gasteiger partial charge in [0, 0.05) is 64.4 Å². The molecule has 3 fully saturated rings. The van der Waals surface area contributed by atoms with Crippen LogP contribution in [0.1, 0.15) is 38.5 Å². The molecule has 1 unspecified atom stereocenters. The maximum absolute atomic E-state index is 4.46. The minimum absolute atomic E-state index is 0.557. The zero-order valence-corrected chi connectivity index (χ0v) is 16.5. The van der Waals surface area contributed by atoms with Gasteiger partial charge in [-0.15, -0.1) is 0 Å². The van der Waals surface area contributed by atoms with Crippen LogP contribution in [0.4, 0.5) is 0 Å². The molecule has 3 aliphatic rings. The van der Waals surface area contributed by atoms with E-state index in [2.05, 4.69) is 44.4 Å². The number of nitrogens with one attached hydrogen (secondary N) is 2. The number of hydrogen-bond acceptors (Lipinski definition) is 4. The molecular weight excluding hydrogens is 312 g/mol. The Balaban J connectivity index is 1.39. The molecule has 1 atom stereocenters. The molecule has 2 saturated heterocycles. The summed E-state index contributed by atoms with van der Waals surface area (Å²) in [5.41, 5.74) is 0. The van der Waals surface area contributed by atoms with E-state index in [1.54, 1.807) is 0 Å².